The molecule has 21 heavy (non-hydrogen) atoms. The summed E-state index contributed by atoms with van der Waals surface area (Å²) in [5.41, 5.74) is 6.65. The van der Waals surface area contributed by atoms with E-state index in [0.717, 1.165) is 0 Å². The first-order chi connectivity index (χ1) is 9.02. The molecule has 0 bridgehead atoms. The van der Waals surface area contributed by atoms with Gasteiger partial charge < -0.3 is 16.2 Å². The first kappa shape index (κ1) is 20.2. The number of halogens is 4. The maximum Gasteiger partial charge on any atom is 0.258 e. The van der Waals surface area contributed by atoms with Gasteiger partial charge in [-0.05, 0) is 18.6 Å². The maximum absolute atomic E-state index is 13.4. The van der Waals surface area contributed by atoms with Crippen molar-refractivity contribution in [3.05, 3.63) is 23.3 Å². The van der Waals surface area contributed by atoms with E-state index in [-0.39, 0.29) is 41.8 Å². The number of piperazine rings is 1. The lowest BCUT2D eigenvalue weighted by atomic mass is 9.97. The smallest absolute Gasteiger partial charge is 0.258 e. The van der Waals surface area contributed by atoms with E-state index < -0.39 is 12.5 Å². The predicted molar refractivity (Wildman–Crippen MR) is 84.9 cm³/mol. The van der Waals surface area contributed by atoms with Gasteiger partial charge >= 0.3 is 0 Å². The number of alkyl halides is 2. The van der Waals surface area contributed by atoms with E-state index in [4.69, 9.17) is 5.73 Å². The van der Waals surface area contributed by atoms with Crippen LogP contribution in [0.15, 0.2) is 12.1 Å². The summed E-state index contributed by atoms with van der Waals surface area (Å²) in [6.45, 7) is 4.12. The molecule has 8 heteroatoms. The van der Waals surface area contributed by atoms with Gasteiger partial charge in [-0.1, -0.05) is 6.07 Å². The van der Waals surface area contributed by atoms with E-state index in [2.05, 4.69) is 5.32 Å². The Morgan fingerprint density at radius 2 is 1.81 bits per heavy atom. The normalized spacial score (nSPS) is 17.0. The molecule has 1 heterocycles. The average Bonchev–Trinajstić information content (AvgIpc) is 2.39. The molecule has 0 spiro atoms. The highest BCUT2D eigenvalue weighted by Crippen LogP contribution is 2.38. The van der Waals surface area contributed by atoms with Crippen LogP contribution in [-0.4, -0.2) is 42.6 Å². The summed E-state index contributed by atoms with van der Waals surface area (Å²) < 4.78 is 26.9. The molecule has 1 aromatic carbocycles. The summed E-state index contributed by atoms with van der Waals surface area (Å²) in [5, 5.41) is 13.2. The fourth-order valence-electron chi connectivity index (χ4n) is 2.53. The lowest BCUT2D eigenvalue weighted by Gasteiger charge is -2.35. The van der Waals surface area contributed by atoms with Gasteiger partial charge in [-0.2, -0.15) is 0 Å². The lowest BCUT2D eigenvalue weighted by Crippen LogP contribution is -2.47. The van der Waals surface area contributed by atoms with Gasteiger partial charge in [0.15, 0.2) is 0 Å². The second kappa shape index (κ2) is 8.58. The van der Waals surface area contributed by atoms with Crippen molar-refractivity contribution in [2.75, 3.05) is 31.9 Å². The largest absolute Gasteiger partial charge is 0.505 e. The van der Waals surface area contributed by atoms with Crippen molar-refractivity contribution in [2.24, 2.45) is 0 Å². The predicted octanol–water partition coefficient (Wildman–Crippen LogP) is 2.34. The molecular formula is C13H21Cl2F2N3O. The van der Waals surface area contributed by atoms with Gasteiger partial charge in [0.25, 0.3) is 6.43 Å². The first-order valence-electron chi connectivity index (χ1n) is 6.33. The van der Waals surface area contributed by atoms with Crippen molar-refractivity contribution >= 4 is 30.5 Å². The topological polar surface area (TPSA) is 61.5 Å². The SMILES string of the molecule is Cc1ccc(N)c(O)c1[C@H](C(F)F)N1CCNCC1.Cl.Cl. The number of phenols is 1. The molecule has 2 rings (SSSR count). The first-order valence-corrected chi connectivity index (χ1v) is 6.33. The summed E-state index contributed by atoms with van der Waals surface area (Å²) in [4.78, 5) is 1.70. The highest BCUT2D eigenvalue weighted by molar-refractivity contribution is 5.85. The Labute approximate surface area is 135 Å². The van der Waals surface area contributed by atoms with E-state index in [9.17, 15) is 13.9 Å². The molecule has 0 saturated carbocycles. The number of nitrogens with one attached hydrogen (secondary N) is 1. The number of hydrogen-bond acceptors (Lipinski definition) is 4. The number of aromatic hydroxyl groups is 1. The van der Waals surface area contributed by atoms with Crippen LogP contribution in [0.1, 0.15) is 17.2 Å². The van der Waals surface area contributed by atoms with Crippen LogP contribution in [0, 0.1) is 6.92 Å². The number of hydrogen-bond donors (Lipinski definition) is 3. The standard InChI is InChI=1S/C13H19F2N3O.2ClH/c1-8-2-3-9(16)12(19)10(8)11(13(14)15)18-6-4-17-5-7-18;;/h2-3,11,13,17,19H,4-7,16H2,1H3;2*1H/t11-;;/m1../s1. The Morgan fingerprint density at radius 3 is 2.33 bits per heavy atom. The van der Waals surface area contributed by atoms with Gasteiger partial charge in [-0.25, -0.2) is 8.78 Å². The summed E-state index contributed by atoms with van der Waals surface area (Å²) in [7, 11) is 0. The second-order valence-corrected chi connectivity index (χ2v) is 4.80. The van der Waals surface area contributed by atoms with Crippen molar-refractivity contribution in [2.45, 2.75) is 19.4 Å². The minimum atomic E-state index is -2.57. The summed E-state index contributed by atoms with van der Waals surface area (Å²) in [5.74, 6) is -0.219. The molecule has 0 aliphatic carbocycles. The van der Waals surface area contributed by atoms with E-state index in [1.807, 2.05) is 0 Å². The molecule has 1 saturated heterocycles. The highest BCUT2D eigenvalue weighted by Gasteiger charge is 2.33. The lowest BCUT2D eigenvalue weighted by molar-refractivity contribution is 0.0167. The number of phenolic OH excluding ortho intramolecular Hbond substituents is 1. The van der Waals surface area contributed by atoms with Crippen LogP contribution < -0.4 is 11.1 Å². The van der Waals surface area contributed by atoms with Crippen molar-refractivity contribution in [3.63, 3.8) is 0 Å². The monoisotopic (exact) mass is 343 g/mol. The van der Waals surface area contributed by atoms with Crippen LogP contribution in [0.5, 0.6) is 5.75 Å². The minimum Gasteiger partial charge on any atom is -0.505 e. The molecule has 0 amide bonds. The Balaban J connectivity index is 0.00000200. The molecule has 4 N–H and O–H groups in total. The van der Waals surface area contributed by atoms with Crippen LogP contribution >= 0.6 is 24.8 Å². The zero-order chi connectivity index (χ0) is 14.0. The molecule has 122 valence electrons. The summed E-state index contributed by atoms with van der Waals surface area (Å²) >= 11 is 0. The number of nitrogen functional groups attached to an aromatic ring is 1. The second-order valence-electron chi connectivity index (χ2n) is 4.80. The van der Waals surface area contributed by atoms with Gasteiger partial charge in [0.2, 0.25) is 0 Å². The molecule has 0 aromatic heterocycles. The van der Waals surface area contributed by atoms with Crippen LogP contribution in [-0.2, 0) is 0 Å². The molecule has 1 fully saturated rings. The molecule has 1 aromatic rings. The Kier molecular flexibility index (Phi) is 8.25. The summed E-state index contributed by atoms with van der Waals surface area (Å²) in [6.07, 6.45) is -2.57. The van der Waals surface area contributed by atoms with E-state index in [1.165, 1.54) is 6.07 Å². The number of aryl methyl sites for hydroxylation is 1. The third-order valence-corrected chi connectivity index (χ3v) is 3.55. The van der Waals surface area contributed by atoms with E-state index in [1.54, 1.807) is 17.9 Å². The third-order valence-electron chi connectivity index (χ3n) is 3.55. The van der Waals surface area contributed by atoms with Gasteiger partial charge in [0.1, 0.15) is 11.8 Å². The zero-order valence-corrected chi connectivity index (χ0v) is 13.3. The zero-order valence-electron chi connectivity index (χ0n) is 11.7. The Morgan fingerprint density at radius 1 is 1.24 bits per heavy atom. The van der Waals surface area contributed by atoms with Crippen molar-refractivity contribution < 1.29 is 13.9 Å². The van der Waals surface area contributed by atoms with Crippen LogP contribution in [0.2, 0.25) is 0 Å². The Hall–Kier alpha value is -0.820. The average molecular weight is 344 g/mol. The number of anilines is 1. The fourth-order valence-corrected chi connectivity index (χ4v) is 2.53. The van der Waals surface area contributed by atoms with Crippen molar-refractivity contribution in [3.8, 4) is 5.75 Å². The summed E-state index contributed by atoms with van der Waals surface area (Å²) in [6, 6.07) is 2.10. The number of benzene rings is 1. The molecular weight excluding hydrogens is 323 g/mol. The van der Waals surface area contributed by atoms with Gasteiger partial charge in [-0.3, -0.25) is 4.90 Å². The maximum atomic E-state index is 13.4. The third kappa shape index (κ3) is 4.32. The van der Waals surface area contributed by atoms with E-state index in [0.29, 0.717) is 31.7 Å². The van der Waals surface area contributed by atoms with E-state index >= 15 is 0 Å². The Bertz CT molecular complexity index is 457. The molecule has 0 unspecified atom stereocenters. The molecule has 4 nitrogen and oxygen atoms in total. The number of nitrogens with two attached hydrogens (primary N) is 1. The van der Waals surface area contributed by atoms with Crippen molar-refractivity contribution in [1.29, 1.82) is 0 Å². The van der Waals surface area contributed by atoms with Crippen LogP contribution in [0.25, 0.3) is 0 Å². The molecule has 1 atom stereocenters. The molecule has 1 aliphatic rings. The van der Waals surface area contributed by atoms with Gasteiger partial charge in [0.05, 0.1) is 5.69 Å². The molecule has 0 radical (unpaired) electrons. The van der Waals surface area contributed by atoms with Crippen molar-refractivity contribution in [1.82, 2.24) is 10.2 Å². The molecule has 1 aliphatic heterocycles. The van der Waals surface area contributed by atoms with Gasteiger partial charge in [0, 0.05) is 31.7 Å². The number of rotatable bonds is 3. The van der Waals surface area contributed by atoms with Crippen LogP contribution in [0.3, 0.4) is 0 Å². The quantitative estimate of drug-likeness (QED) is 0.582. The van der Waals surface area contributed by atoms with Crippen LogP contribution in [0.4, 0.5) is 14.5 Å². The highest BCUT2D eigenvalue weighted by atomic mass is 35.5. The number of nitrogens with zero attached hydrogens (tertiary/aromatic N) is 1. The minimum absolute atomic E-state index is 0. The van der Waals surface area contributed by atoms with Gasteiger partial charge in [-0.15, -0.1) is 24.8 Å². The fraction of sp³-hybridized carbons (Fsp3) is 0.538.